The van der Waals surface area contributed by atoms with Crippen LogP contribution in [0.25, 0.3) is 11.4 Å². The number of likely N-dealkylation sites (tertiary alicyclic amines) is 1. The summed E-state index contributed by atoms with van der Waals surface area (Å²) in [6, 6.07) is 14.7. The second kappa shape index (κ2) is 8.98. The lowest BCUT2D eigenvalue weighted by molar-refractivity contribution is 0.0709. The molecule has 30 heavy (non-hydrogen) atoms. The van der Waals surface area contributed by atoms with E-state index in [9.17, 15) is 4.79 Å². The molecule has 1 amide bonds. The molecule has 1 aliphatic heterocycles. The zero-order valence-corrected chi connectivity index (χ0v) is 17.2. The highest BCUT2D eigenvalue weighted by Gasteiger charge is 2.35. The van der Waals surface area contributed by atoms with Gasteiger partial charge in [-0.2, -0.15) is 4.98 Å². The minimum Gasteiger partial charge on any atom is -0.490 e. The van der Waals surface area contributed by atoms with Crippen molar-refractivity contribution in [3.8, 4) is 22.9 Å². The Hall–Kier alpha value is -3.35. The summed E-state index contributed by atoms with van der Waals surface area (Å²) in [6.45, 7) is 5.48. The van der Waals surface area contributed by atoms with Gasteiger partial charge in [-0.15, -0.1) is 0 Å². The van der Waals surface area contributed by atoms with Gasteiger partial charge in [0.2, 0.25) is 11.7 Å². The number of hydrogen-bond acceptors (Lipinski definition) is 6. The zero-order chi connectivity index (χ0) is 20.9. The van der Waals surface area contributed by atoms with E-state index in [-0.39, 0.29) is 11.9 Å². The summed E-state index contributed by atoms with van der Waals surface area (Å²) in [7, 11) is 0. The third-order valence-corrected chi connectivity index (χ3v) is 5.06. The highest BCUT2D eigenvalue weighted by Crippen LogP contribution is 2.35. The molecule has 0 unspecified atom stereocenters. The van der Waals surface area contributed by atoms with Crippen molar-refractivity contribution in [2.75, 3.05) is 19.8 Å². The molecule has 1 atom stereocenters. The Kier molecular flexibility index (Phi) is 5.97. The zero-order valence-electron chi connectivity index (χ0n) is 17.2. The molecule has 7 nitrogen and oxygen atoms in total. The van der Waals surface area contributed by atoms with Crippen LogP contribution in [0.5, 0.6) is 11.5 Å². The normalized spacial score (nSPS) is 15.9. The Bertz CT molecular complexity index is 1000. The molecule has 156 valence electrons. The van der Waals surface area contributed by atoms with Crippen LogP contribution in [0, 0.1) is 0 Å². The number of benzene rings is 2. The number of amides is 1. The molecule has 0 spiro atoms. The third kappa shape index (κ3) is 4.01. The van der Waals surface area contributed by atoms with Gasteiger partial charge in [0.25, 0.3) is 5.91 Å². The van der Waals surface area contributed by atoms with Crippen LogP contribution in [0.3, 0.4) is 0 Å². The summed E-state index contributed by atoms with van der Waals surface area (Å²) in [5.41, 5.74) is 1.44. The number of carbonyl (C=O) groups excluding carboxylic acids is 1. The van der Waals surface area contributed by atoms with E-state index in [0.717, 1.165) is 18.4 Å². The quantitative estimate of drug-likeness (QED) is 0.573. The van der Waals surface area contributed by atoms with E-state index < -0.39 is 0 Å². The van der Waals surface area contributed by atoms with Gasteiger partial charge in [0.1, 0.15) is 6.04 Å². The van der Waals surface area contributed by atoms with Gasteiger partial charge in [-0.05, 0) is 44.9 Å². The van der Waals surface area contributed by atoms with E-state index in [4.69, 9.17) is 14.0 Å². The molecule has 2 aromatic carbocycles. The fourth-order valence-electron chi connectivity index (χ4n) is 3.69. The molecule has 0 saturated carbocycles. The van der Waals surface area contributed by atoms with Crippen molar-refractivity contribution in [2.24, 2.45) is 0 Å². The second-order valence-corrected chi connectivity index (χ2v) is 7.01. The lowest BCUT2D eigenvalue weighted by Gasteiger charge is -2.22. The van der Waals surface area contributed by atoms with E-state index in [1.54, 1.807) is 23.1 Å². The van der Waals surface area contributed by atoms with Crippen molar-refractivity contribution >= 4 is 5.91 Å². The van der Waals surface area contributed by atoms with Crippen LogP contribution in [-0.4, -0.2) is 40.7 Å². The van der Waals surface area contributed by atoms with Gasteiger partial charge in [-0.25, -0.2) is 0 Å². The molecular formula is C23H25N3O4. The van der Waals surface area contributed by atoms with Gasteiger partial charge in [0, 0.05) is 17.7 Å². The van der Waals surface area contributed by atoms with E-state index >= 15 is 0 Å². The maximum absolute atomic E-state index is 13.3. The second-order valence-electron chi connectivity index (χ2n) is 7.01. The maximum atomic E-state index is 13.3. The lowest BCUT2D eigenvalue weighted by atomic mass is 10.1. The van der Waals surface area contributed by atoms with Gasteiger partial charge < -0.3 is 18.9 Å². The van der Waals surface area contributed by atoms with Crippen molar-refractivity contribution in [2.45, 2.75) is 32.7 Å². The Morgan fingerprint density at radius 3 is 2.63 bits per heavy atom. The molecule has 3 aromatic rings. The molecule has 1 saturated heterocycles. The Labute approximate surface area is 175 Å². The minimum absolute atomic E-state index is 0.0824. The Morgan fingerprint density at radius 1 is 1.10 bits per heavy atom. The van der Waals surface area contributed by atoms with E-state index in [2.05, 4.69) is 10.1 Å². The number of carbonyl (C=O) groups is 1. The summed E-state index contributed by atoms with van der Waals surface area (Å²) in [5, 5.41) is 4.11. The summed E-state index contributed by atoms with van der Waals surface area (Å²) in [4.78, 5) is 19.6. The molecule has 1 aromatic heterocycles. The summed E-state index contributed by atoms with van der Waals surface area (Å²) >= 11 is 0. The number of hydrogen-bond donors (Lipinski definition) is 0. The molecule has 0 radical (unpaired) electrons. The number of rotatable bonds is 7. The Balaban J connectivity index is 1.57. The van der Waals surface area contributed by atoms with Crippen molar-refractivity contribution < 1.29 is 18.8 Å². The van der Waals surface area contributed by atoms with E-state index in [0.29, 0.717) is 48.5 Å². The summed E-state index contributed by atoms with van der Waals surface area (Å²) in [5.74, 6) is 2.13. The van der Waals surface area contributed by atoms with Gasteiger partial charge in [0.15, 0.2) is 11.5 Å². The van der Waals surface area contributed by atoms with Crippen LogP contribution in [0.1, 0.15) is 49.0 Å². The highest BCUT2D eigenvalue weighted by molar-refractivity contribution is 5.95. The van der Waals surface area contributed by atoms with Crippen LogP contribution in [0.4, 0.5) is 0 Å². The highest BCUT2D eigenvalue weighted by atomic mass is 16.5. The van der Waals surface area contributed by atoms with Crippen LogP contribution in [0.15, 0.2) is 53.1 Å². The van der Waals surface area contributed by atoms with Gasteiger partial charge in [-0.1, -0.05) is 35.5 Å². The minimum atomic E-state index is -0.232. The molecule has 0 N–H and O–H groups in total. The molecule has 7 heteroatoms. The third-order valence-electron chi connectivity index (χ3n) is 5.06. The largest absolute Gasteiger partial charge is 0.490 e. The van der Waals surface area contributed by atoms with Crippen molar-refractivity contribution in [1.82, 2.24) is 15.0 Å². The van der Waals surface area contributed by atoms with Gasteiger partial charge in [0.05, 0.1) is 13.2 Å². The first-order chi connectivity index (χ1) is 14.7. The number of aromatic nitrogens is 2. The summed E-state index contributed by atoms with van der Waals surface area (Å²) in [6.07, 6.45) is 1.67. The van der Waals surface area contributed by atoms with Crippen LogP contribution in [-0.2, 0) is 0 Å². The fraction of sp³-hybridized carbons (Fsp3) is 0.348. The van der Waals surface area contributed by atoms with Crippen molar-refractivity contribution in [1.29, 1.82) is 0 Å². The lowest BCUT2D eigenvalue weighted by Crippen LogP contribution is -2.30. The fourth-order valence-corrected chi connectivity index (χ4v) is 3.69. The molecule has 1 fully saturated rings. The Morgan fingerprint density at radius 2 is 1.87 bits per heavy atom. The molecule has 1 aliphatic rings. The number of nitrogens with zero attached hydrogens (tertiary/aromatic N) is 3. The molecule has 4 rings (SSSR count). The summed E-state index contributed by atoms with van der Waals surface area (Å²) < 4.78 is 16.8. The first-order valence-corrected chi connectivity index (χ1v) is 10.3. The smallest absolute Gasteiger partial charge is 0.254 e. The standard InChI is InChI=1S/C23H25N3O4/c1-3-28-19-13-12-17(15-20(19)29-4-2)23(27)26-14-8-11-18(26)22-24-21(25-30-22)16-9-6-5-7-10-16/h5-7,9-10,12-13,15,18H,3-4,8,11,14H2,1-2H3/t18-/m1/s1. The predicted molar refractivity (Wildman–Crippen MR) is 112 cm³/mol. The number of ether oxygens (including phenoxy) is 2. The van der Waals surface area contributed by atoms with Crippen LogP contribution in [0.2, 0.25) is 0 Å². The first-order valence-electron chi connectivity index (χ1n) is 10.3. The maximum Gasteiger partial charge on any atom is 0.254 e. The van der Waals surface area contributed by atoms with Gasteiger partial charge >= 0.3 is 0 Å². The van der Waals surface area contributed by atoms with Crippen LogP contribution < -0.4 is 9.47 Å². The topological polar surface area (TPSA) is 77.7 Å². The van der Waals surface area contributed by atoms with Gasteiger partial charge in [-0.3, -0.25) is 4.79 Å². The average molecular weight is 407 g/mol. The van der Waals surface area contributed by atoms with E-state index in [1.165, 1.54) is 0 Å². The molecule has 0 bridgehead atoms. The average Bonchev–Trinajstić information content (AvgIpc) is 3.45. The molecule has 0 aliphatic carbocycles. The SMILES string of the molecule is CCOc1ccc(C(=O)N2CCC[C@@H]2c2nc(-c3ccccc3)no2)cc1OCC. The molecular weight excluding hydrogens is 382 g/mol. The monoisotopic (exact) mass is 407 g/mol. The molecule has 2 heterocycles. The van der Waals surface area contributed by atoms with Crippen molar-refractivity contribution in [3.63, 3.8) is 0 Å². The van der Waals surface area contributed by atoms with Crippen molar-refractivity contribution in [3.05, 3.63) is 60.0 Å². The predicted octanol–water partition coefficient (Wildman–Crippen LogP) is 4.51. The van der Waals surface area contributed by atoms with Crippen LogP contribution >= 0.6 is 0 Å². The van der Waals surface area contributed by atoms with E-state index in [1.807, 2.05) is 44.2 Å². The first kappa shape index (κ1) is 19.9.